The van der Waals surface area contributed by atoms with Crippen LogP contribution < -0.4 is 10.6 Å². The van der Waals surface area contributed by atoms with Gasteiger partial charge in [-0.2, -0.15) is 0 Å². The average Bonchev–Trinajstić information content (AvgIpc) is 3.01. The van der Waals surface area contributed by atoms with E-state index in [1.54, 1.807) is 6.07 Å². The molecule has 1 fully saturated rings. The summed E-state index contributed by atoms with van der Waals surface area (Å²) >= 11 is 5.40. The molecule has 0 unspecified atom stereocenters. The highest BCUT2D eigenvalue weighted by molar-refractivity contribution is 7.80. The number of hydrogen-bond acceptors (Lipinski definition) is 2. The van der Waals surface area contributed by atoms with Crippen LogP contribution in [0.5, 0.6) is 0 Å². The molecule has 1 heterocycles. The van der Waals surface area contributed by atoms with Crippen molar-refractivity contribution < 1.29 is 9.18 Å². The van der Waals surface area contributed by atoms with Crippen molar-refractivity contribution in [1.29, 1.82) is 0 Å². The van der Waals surface area contributed by atoms with Crippen LogP contribution in [0.15, 0.2) is 24.3 Å². The number of carbonyl (C=O) groups is 1. The van der Waals surface area contributed by atoms with Crippen molar-refractivity contribution >= 4 is 23.2 Å². The van der Waals surface area contributed by atoms with Gasteiger partial charge in [-0.05, 0) is 43.3 Å². The van der Waals surface area contributed by atoms with E-state index in [0.29, 0.717) is 24.7 Å². The zero-order valence-electron chi connectivity index (χ0n) is 14.3. The first kappa shape index (κ1) is 18.6. The van der Waals surface area contributed by atoms with Crippen molar-refractivity contribution in [3.05, 3.63) is 35.6 Å². The highest BCUT2D eigenvalue weighted by atomic mass is 32.1. The highest BCUT2D eigenvalue weighted by Gasteiger charge is 2.39. The molecule has 1 aromatic carbocycles. The van der Waals surface area contributed by atoms with Crippen molar-refractivity contribution in [1.82, 2.24) is 15.5 Å². The Morgan fingerprint density at radius 2 is 2.12 bits per heavy atom. The Bertz CT molecular complexity index is 581. The summed E-state index contributed by atoms with van der Waals surface area (Å²) in [6.07, 6.45) is 2.00. The molecule has 0 radical (unpaired) electrons. The predicted molar refractivity (Wildman–Crippen MR) is 98.4 cm³/mol. The maximum absolute atomic E-state index is 13.6. The number of carbonyl (C=O) groups excluding carboxylic acids is 1. The minimum absolute atomic E-state index is 0.0273. The second-order valence-electron chi connectivity index (χ2n) is 6.15. The van der Waals surface area contributed by atoms with E-state index in [0.717, 1.165) is 24.9 Å². The first-order valence-corrected chi connectivity index (χ1v) is 9.03. The molecule has 24 heavy (non-hydrogen) atoms. The Morgan fingerprint density at radius 3 is 2.79 bits per heavy atom. The van der Waals surface area contributed by atoms with Crippen molar-refractivity contribution in [3.8, 4) is 0 Å². The van der Waals surface area contributed by atoms with Gasteiger partial charge < -0.3 is 15.5 Å². The SMILES string of the molecule is CCCCNC(=O)[C@@H]1CN(C(=S)NCC)C[C@H]1c1cccc(F)c1. The van der Waals surface area contributed by atoms with Gasteiger partial charge in [0.25, 0.3) is 0 Å². The monoisotopic (exact) mass is 351 g/mol. The van der Waals surface area contributed by atoms with Crippen LogP contribution in [0.2, 0.25) is 0 Å². The van der Waals surface area contributed by atoms with Crippen molar-refractivity contribution in [2.75, 3.05) is 26.2 Å². The topological polar surface area (TPSA) is 44.4 Å². The normalized spacial score (nSPS) is 20.0. The zero-order chi connectivity index (χ0) is 17.5. The van der Waals surface area contributed by atoms with Crippen LogP contribution >= 0.6 is 12.2 Å². The van der Waals surface area contributed by atoms with Gasteiger partial charge in [0.15, 0.2) is 5.11 Å². The molecule has 1 amide bonds. The Labute approximate surface area is 148 Å². The molecular weight excluding hydrogens is 325 g/mol. The summed E-state index contributed by atoms with van der Waals surface area (Å²) in [5.74, 6) is -0.524. The van der Waals surface area contributed by atoms with Crippen LogP contribution in [0.1, 0.15) is 38.2 Å². The van der Waals surface area contributed by atoms with E-state index in [4.69, 9.17) is 12.2 Å². The fraction of sp³-hybridized carbons (Fsp3) is 0.556. The molecule has 0 spiro atoms. The van der Waals surface area contributed by atoms with E-state index in [9.17, 15) is 9.18 Å². The Hall–Kier alpha value is -1.69. The first-order chi connectivity index (χ1) is 11.6. The van der Waals surface area contributed by atoms with Gasteiger partial charge in [0.2, 0.25) is 5.91 Å². The van der Waals surface area contributed by atoms with Crippen molar-refractivity contribution in [3.63, 3.8) is 0 Å². The van der Waals surface area contributed by atoms with Crippen LogP contribution in [0.3, 0.4) is 0 Å². The van der Waals surface area contributed by atoms with Crippen LogP contribution in [0, 0.1) is 11.7 Å². The van der Waals surface area contributed by atoms with E-state index in [-0.39, 0.29) is 23.6 Å². The molecule has 0 aliphatic carbocycles. The van der Waals surface area contributed by atoms with Crippen LogP contribution in [-0.2, 0) is 4.79 Å². The molecule has 0 saturated carbocycles. The number of thiocarbonyl (C=S) groups is 1. The third kappa shape index (κ3) is 4.66. The fourth-order valence-corrected chi connectivity index (χ4v) is 3.39. The standard InChI is InChI=1S/C18H26FN3OS/c1-3-5-9-21-17(23)16-12-22(18(24)20-4-2)11-15(16)13-7-6-8-14(19)10-13/h6-8,10,15-16H,3-5,9,11-12H2,1-2H3,(H,20,24)(H,21,23)/t15-,16+/m0/s1. The number of rotatable bonds is 6. The molecule has 1 aliphatic rings. The number of benzene rings is 1. The molecule has 1 saturated heterocycles. The molecule has 2 N–H and O–H groups in total. The van der Waals surface area contributed by atoms with Crippen LogP contribution in [0.25, 0.3) is 0 Å². The molecule has 2 rings (SSSR count). The molecule has 1 aliphatic heterocycles. The van der Waals surface area contributed by atoms with Crippen molar-refractivity contribution in [2.24, 2.45) is 5.92 Å². The van der Waals surface area contributed by atoms with E-state index in [1.165, 1.54) is 12.1 Å². The molecule has 6 heteroatoms. The average molecular weight is 351 g/mol. The third-order valence-electron chi connectivity index (χ3n) is 4.38. The summed E-state index contributed by atoms with van der Waals surface area (Å²) in [7, 11) is 0. The van der Waals surface area contributed by atoms with E-state index < -0.39 is 0 Å². The lowest BCUT2D eigenvalue weighted by Crippen LogP contribution is -2.39. The minimum atomic E-state index is -0.273. The number of nitrogens with one attached hydrogen (secondary N) is 2. The molecule has 2 atom stereocenters. The van der Waals surface area contributed by atoms with Gasteiger partial charge >= 0.3 is 0 Å². The highest BCUT2D eigenvalue weighted by Crippen LogP contribution is 2.33. The number of hydrogen-bond donors (Lipinski definition) is 2. The molecule has 0 bridgehead atoms. The molecule has 4 nitrogen and oxygen atoms in total. The van der Waals surface area contributed by atoms with Crippen LogP contribution in [0.4, 0.5) is 4.39 Å². The number of nitrogens with zero attached hydrogens (tertiary/aromatic N) is 1. The summed E-state index contributed by atoms with van der Waals surface area (Å²) in [6.45, 7) is 6.69. The number of unbranched alkanes of at least 4 members (excludes halogenated alkanes) is 1. The number of likely N-dealkylation sites (tertiary alicyclic amines) is 1. The lowest BCUT2D eigenvalue weighted by atomic mass is 9.88. The third-order valence-corrected chi connectivity index (χ3v) is 4.78. The van der Waals surface area contributed by atoms with Gasteiger partial charge in [0.05, 0.1) is 5.92 Å². The fourth-order valence-electron chi connectivity index (χ4n) is 3.09. The van der Waals surface area contributed by atoms with E-state index in [1.807, 2.05) is 17.9 Å². The summed E-state index contributed by atoms with van der Waals surface area (Å²) < 4.78 is 13.6. The Morgan fingerprint density at radius 1 is 1.33 bits per heavy atom. The van der Waals surface area contributed by atoms with E-state index in [2.05, 4.69) is 17.6 Å². The Kier molecular flexibility index (Phi) is 6.97. The van der Waals surface area contributed by atoms with E-state index >= 15 is 0 Å². The quantitative estimate of drug-likeness (QED) is 0.611. The molecule has 132 valence electrons. The van der Waals surface area contributed by atoms with Crippen molar-refractivity contribution in [2.45, 2.75) is 32.6 Å². The lowest BCUT2D eigenvalue weighted by Gasteiger charge is -2.19. The largest absolute Gasteiger partial charge is 0.363 e. The molecule has 0 aromatic heterocycles. The smallest absolute Gasteiger partial charge is 0.225 e. The summed E-state index contributed by atoms with van der Waals surface area (Å²) in [5, 5.41) is 6.80. The second-order valence-corrected chi connectivity index (χ2v) is 6.54. The van der Waals surface area contributed by atoms with Gasteiger partial charge in [-0.25, -0.2) is 4.39 Å². The maximum atomic E-state index is 13.6. The maximum Gasteiger partial charge on any atom is 0.225 e. The first-order valence-electron chi connectivity index (χ1n) is 8.62. The Balaban J connectivity index is 2.16. The molecular formula is C18H26FN3OS. The minimum Gasteiger partial charge on any atom is -0.363 e. The molecule has 1 aromatic rings. The predicted octanol–water partition coefficient (Wildman–Crippen LogP) is 2.65. The second kappa shape index (κ2) is 8.97. The summed E-state index contributed by atoms with van der Waals surface area (Å²) in [5.41, 5.74) is 0.854. The zero-order valence-corrected chi connectivity index (χ0v) is 15.2. The summed E-state index contributed by atoms with van der Waals surface area (Å²) in [6, 6.07) is 6.54. The van der Waals surface area contributed by atoms with Gasteiger partial charge in [-0.1, -0.05) is 25.5 Å². The number of halogens is 1. The van der Waals surface area contributed by atoms with Crippen LogP contribution in [-0.4, -0.2) is 42.1 Å². The number of amides is 1. The summed E-state index contributed by atoms with van der Waals surface area (Å²) in [4.78, 5) is 14.6. The van der Waals surface area contributed by atoms with Gasteiger partial charge in [0, 0.05) is 32.1 Å². The van der Waals surface area contributed by atoms with Gasteiger partial charge in [-0.15, -0.1) is 0 Å². The van der Waals surface area contributed by atoms with Gasteiger partial charge in [0.1, 0.15) is 5.82 Å². The van der Waals surface area contributed by atoms with Gasteiger partial charge in [-0.3, -0.25) is 4.79 Å². The lowest BCUT2D eigenvalue weighted by molar-refractivity contribution is -0.124.